The zero-order chi connectivity index (χ0) is 34.8. The van der Waals surface area contributed by atoms with Crippen LogP contribution in [0, 0.1) is 10.5 Å². The van der Waals surface area contributed by atoms with Crippen molar-refractivity contribution in [3.05, 3.63) is 103 Å². The molecule has 0 spiro atoms. The van der Waals surface area contributed by atoms with E-state index in [4.69, 9.17) is 11.6 Å². The fourth-order valence-corrected chi connectivity index (χ4v) is 5.19. The quantitative estimate of drug-likeness (QED) is 0.137. The lowest BCUT2D eigenvalue weighted by molar-refractivity contribution is -0.274. The molecule has 0 bridgehead atoms. The van der Waals surface area contributed by atoms with Crippen LogP contribution in [0.4, 0.5) is 32.0 Å². The van der Waals surface area contributed by atoms with Crippen LogP contribution in [-0.4, -0.2) is 53.1 Å². The second-order valence-corrected chi connectivity index (χ2v) is 11.4. The number of nitrogens with one attached hydrogen (secondary N) is 2. The van der Waals surface area contributed by atoms with E-state index in [9.17, 15) is 35.9 Å². The molecule has 5 rings (SSSR count). The lowest BCUT2D eigenvalue weighted by atomic mass is 10.1. The Balaban J connectivity index is 1.43. The second kappa shape index (κ2) is 13.7. The average Bonchev–Trinajstić information content (AvgIpc) is 3.65. The van der Waals surface area contributed by atoms with Gasteiger partial charge in [0.15, 0.2) is 5.82 Å². The zero-order valence-electron chi connectivity index (χ0n) is 24.1. The number of benzene rings is 2. The largest absolute Gasteiger partial charge is 0.573 e. The summed E-state index contributed by atoms with van der Waals surface area (Å²) in [5, 5.41) is 19.4. The van der Waals surface area contributed by atoms with Gasteiger partial charge in [0.05, 0.1) is 22.0 Å². The van der Waals surface area contributed by atoms with Crippen molar-refractivity contribution in [3.63, 3.8) is 0 Å². The first kappa shape index (κ1) is 34.5. The van der Waals surface area contributed by atoms with Crippen molar-refractivity contribution < 1.29 is 40.7 Å². The van der Waals surface area contributed by atoms with E-state index in [0.717, 1.165) is 16.8 Å². The Labute approximate surface area is 284 Å². The van der Waals surface area contributed by atoms with Crippen molar-refractivity contribution in [2.45, 2.75) is 32.6 Å². The molecule has 0 aliphatic rings. The number of aryl methyl sites for hydroxylation is 1. The van der Waals surface area contributed by atoms with E-state index in [1.54, 1.807) is 19.1 Å². The summed E-state index contributed by atoms with van der Waals surface area (Å²) in [6.07, 6.45) is -8.34. The number of carbonyl (C=O) groups is 2. The fourth-order valence-electron chi connectivity index (χ4n) is 4.30. The maximum absolute atomic E-state index is 13.8. The molecule has 0 aliphatic carbocycles. The molecule has 0 aliphatic heterocycles. The first-order valence-electron chi connectivity index (χ1n) is 13.4. The first-order chi connectivity index (χ1) is 22.6. The van der Waals surface area contributed by atoms with Crippen LogP contribution in [0.5, 0.6) is 5.75 Å². The molecule has 0 saturated heterocycles. The number of ether oxygens (including phenoxy) is 1. The maximum atomic E-state index is 13.8. The smallest absolute Gasteiger partial charge is 0.406 e. The van der Waals surface area contributed by atoms with Crippen molar-refractivity contribution >= 4 is 51.7 Å². The Kier molecular flexibility index (Phi) is 9.89. The van der Waals surface area contributed by atoms with Gasteiger partial charge in [-0.25, -0.2) is 9.67 Å². The minimum atomic E-state index is -4.89. The SMILES string of the molecule is Cc1ccc(I)c(C(=O)NCc2cccc(OC(F)(F)F)c2)c1NC(=O)c1cc(Cn2nnc(C(F)(F)F)n2)nn1-c1ncccc1Cl. The standard InChI is InChI=1S/C28H19ClF6IN9O3/c1-14-7-8-19(36)21(25(47)38-12-15-4-2-5-17(10-15)48-28(33,34)35)22(14)39-24(46)20-11-16(13-44-42-26(40-43-44)27(30,31)32)41-45(20)23-18(29)6-3-9-37-23/h2-11H,12-13H2,1H3,(H,38,47)(H,39,46). The molecule has 0 saturated carbocycles. The van der Waals surface area contributed by atoms with E-state index in [0.29, 0.717) is 19.5 Å². The molecular formula is C28H19ClF6IN9O3. The van der Waals surface area contributed by atoms with Crippen molar-refractivity contribution in [3.8, 4) is 11.6 Å². The molecular weight excluding hydrogens is 787 g/mol. The van der Waals surface area contributed by atoms with Crippen molar-refractivity contribution in [1.82, 2.24) is 40.3 Å². The number of tetrazole rings is 1. The molecule has 2 aromatic carbocycles. The fraction of sp³-hybridized carbons (Fsp3) is 0.179. The van der Waals surface area contributed by atoms with Gasteiger partial charge in [-0.05, 0) is 82.3 Å². The Bertz CT molecular complexity index is 2000. The molecule has 2 N–H and O–H groups in total. The molecule has 250 valence electrons. The summed E-state index contributed by atoms with van der Waals surface area (Å²) < 4.78 is 82.4. The molecule has 0 atom stereocenters. The maximum Gasteiger partial charge on any atom is 0.573 e. The van der Waals surface area contributed by atoms with Gasteiger partial charge in [-0.15, -0.1) is 23.4 Å². The number of hydrogen-bond acceptors (Lipinski definition) is 8. The van der Waals surface area contributed by atoms with Crippen LogP contribution in [0.1, 0.15) is 43.5 Å². The molecule has 3 aromatic heterocycles. The Morgan fingerprint density at radius 1 is 1.00 bits per heavy atom. The van der Waals surface area contributed by atoms with Crippen LogP contribution < -0.4 is 15.4 Å². The molecule has 2 amide bonds. The third-order valence-electron chi connectivity index (χ3n) is 6.36. The number of rotatable bonds is 9. The van der Waals surface area contributed by atoms with Crippen LogP contribution >= 0.6 is 34.2 Å². The predicted octanol–water partition coefficient (Wildman–Crippen LogP) is 5.97. The summed E-state index contributed by atoms with van der Waals surface area (Å²) in [6.45, 7) is 1.05. The van der Waals surface area contributed by atoms with Gasteiger partial charge in [0.25, 0.3) is 17.6 Å². The highest BCUT2D eigenvalue weighted by atomic mass is 127. The lowest BCUT2D eigenvalue weighted by Crippen LogP contribution is -2.27. The molecule has 0 unspecified atom stereocenters. The van der Waals surface area contributed by atoms with E-state index in [1.807, 2.05) is 22.6 Å². The molecule has 48 heavy (non-hydrogen) atoms. The molecule has 5 aromatic rings. The van der Waals surface area contributed by atoms with Crippen LogP contribution in [0.2, 0.25) is 5.02 Å². The molecule has 0 fully saturated rings. The monoisotopic (exact) mass is 805 g/mol. The van der Waals surface area contributed by atoms with Gasteiger partial charge in [0, 0.05) is 16.3 Å². The lowest BCUT2D eigenvalue weighted by Gasteiger charge is -2.16. The summed E-state index contributed by atoms with van der Waals surface area (Å²) in [5.41, 5.74) is 0.831. The van der Waals surface area contributed by atoms with Gasteiger partial charge < -0.3 is 15.4 Å². The molecule has 20 heteroatoms. The number of hydrogen-bond donors (Lipinski definition) is 2. The normalized spacial score (nSPS) is 11.8. The van der Waals surface area contributed by atoms with Gasteiger partial charge in [0.2, 0.25) is 0 Å². The molecule has 0 radical (unpaired) electrons. The molecule has 12 nitrogen and oxygen atoms in total. The van der Waals surface area contributed by atoms with Crippen LogP contribution in [0.3, 0.4) is 0 Å². The van der Waals surface area contributed by atoms with E-state index < -0.39 is 42.5 Å². The average molecular weight is 806 g/mol. The highest BCUT2D eigenvalue weighted by Gasteiger charge is 2.37. The number of amides is 2. The highest BCUT2D eigenvalue weighted by Crippen LogP contribution is 2.29. The summed E-state index contributed by atoms with van der Waals surface area (Å²) in [7, 11) is 0. The number of pyridine rings is 1. The van der Waals surface area contributed by atoms with E-state index in [1.165, 1.54) is 36.5 Å². The van der Waals surface area contributed by atoms with Gasteiger partial charge >= 0.3 is 12.5 Å². The number of carbonyl (C=O) groups excluding carboxylic acids is 2. The minimum Gasteiger partial charge on any atom is -0.406 e. The van der Waals surface area contributed by atoms with E-state index in [-0.39, 0.29) is 40.0 Å². The second-order valence-electron chi connectivity index (χ2n) is 9.83. The number of aromatic nitrogens is 7. The third kappa shape index (κ3) is 8.19. The zero-order valence-corrected chi connectivity index (χ0v) is 27.0. The summed E-state index contributed by atoms with van der Waals surface area (Å²) >= 11 is 8.21. The summed E-state index contributed by atoms with van der Waals surface area (Å²) in [4.78, 5) is 32.1. The Hall–Kier alpha value is -4.79. The number of alkyl halides is 6. The first-order valence-corrected chi connectivity index (χ1v) is 14.8. The minimum absolute atomic E-state index is 0.0205. The van der Waals surface area contributed by atoms with Crippen molar-refractivity contribution in [2.75, 3.05) is 5.32 Å². The number of halogens is 8. The Morgan fingerprint density at radius 3 is 2.46 bits per heavy atom. The van der Waals surface area contributed by atoms with Crippen LogP contribution in [0.25, 0.3) is 5.82 Å². The van der Waals surface area contributed by atoms with Gasteiger partial charge in [0.1, 0.15) is 18.0 Å². The summed E-state index contributed by atoms with van der Waals surface area (Å²) in [5.74, 6) is -3.35. The van der Waals surface area contributed by atoms with Gasteiger partial charge in [-0.2, -0.15) is 23.1 Å². The van der Waals surface area contributed by atoms with Gasteiger partial charge in [-0.3, -0.25) is 9.59 Å². The van der Waals surface area contributed by atoms with Crippen molar-refractivity contribution in [2.24, 2.45) is 0 Å². The topological polar surface area (TPSA) is 142 Å². The van der Waals surface area contributed by atoms with Crippen LogP contribution in [-0.2, 0) is 19.3 Å². The van der Waals surface area contributed by atoms with Gasteiger partial charge in [-0.1, -0.05) is 29.8 Å². The summed E-state index contributed by atoms with van der Waals surface area (Å²) in [6, 6.07) is 12.6. The number of anilines is 1. The van der Waals surface area contributed by atoms with Crippen molar-refractivity contribution in [1.29, 1.82) is 0 Å². The highest BCUT2D eigenvalue weighted by molar-refractivity contribution is 14.1. The number of nitrogens with zero attached hydrogens (tertiary/aromatic N) is 7. The molecule has 3 heterocycles. The predicted molar refractivity (Wildman–Crippen MR) is 164 cm³/mol. The van der Waals surface area contributed by atoms with E-state index >= 15 is 0 Å². The third-order valence-corrected chi connectivity index (χ3v) is 7.55. The van der Waals surface area contributed by atoms with E-state index in [2.05, 4.69) is 40.9 Å². The Morgan fingerprint density at radius 2 is 1.77 bits per heavy atom. The van der Waals surface area contributed by atoms with Crippen LogP contribution in [0.15, 0.2) is 60.8 Å².